The van der Waals surface area contributed by atoms with Crippen LogP contribution in [0, 0.1) is 6.92 Å². The van der Waals surface area contributed by atoms with E-state index in [-0.39, 0.29) is 0 Å². The maximum absolute atomic E-state index is 11.7. The molecule has 7 nitrogen and oxygen atoms in total. The van der Waals surface area contributed by atoms with Crippen LogP contribution in [0.4, 0.5) is 0 Å². The van der Waals surface area contributed by atoms with Crippen LogP contribution in [0.25, 0.3) is 4.96 Å². The minimum absolute atomic E-state index is 0.361. The summed E-state index contributed by atoms with van der Waals surface area (Å²) >= 11 is 1.60. The van der Waals surface area contributed by atoms with Crippen LogP contribution in [0.1, 0.15) is 23.7 Å². The molecule has 0 aliphatic carbocycles. The minimum atomic E-state index is -3.20. The Kier molecular flexibility index (Phi) is 5.81. The van der Waals surface area contributed by atoms with Crippen LogP contribution in [-0.2, 0) is 22.9 Å². The van der Waals surface area contributed by atoms with Crippen molar-refractivity contribution in [1.82, 2.24) is 20.0 Å². The third-order valence-corrected chi connectivity index (χ3v) is 6.01. The van der Waals surface area contributed by atoms with Gasteiger partial charge in [0.1, 0.15) is 0 Å². The normalized spacial score (nSPS) is 12.5. The molecule has 0 aliphatic heterocycles. The Morgan fingerprint density at radius 2 is 2.15 bits per heavy atom. The van der Waals surface area contributed by atoms with E-state index >= 15 is 0 Å². The molecule has 1 aromatic carbocycles. The van der Waals surface area contributed by atoms with Gasteiger partial charge in [-0.3, -0.25) is 4.40 Å². The first-order chi connectivity index (χ1) is 12.9. The van der Waals surface area contributed by atoms with E-state index in [4.69, 9.17) is 0 Å². The second-order valence-electron chi connectivity index (χ2n) is 6.25. The maximum atomic E-state index is 11.7. The molecule has 27 heavy (non-hydrogen) atoms. The third kappa shape index (κ3) is 4.86. The first kappa shape index (κ1) is 19.4. The van der Waals surface area contributed by atoms with Crippen molar-refractivity contribution in [2.45, 2.75) is 31.8 Å². The molecule has 9 heteroatoms. The van der Waals surface area contributed by atoms with Gasteiger partial charge >= 0.3 is 0 Å². The highest BCUT2D eigenvalue weighted by Crippen LogP contribution is 2.17. The number of nitrogens with one attached hydrogen (secondary N) is 2. The molecule has 0 fully saturated rings. The van der Waals surface area contributed by atoms with Crippen LogP contribution in [0.2, 0.25) is 0 Å². The van der Waals surface area contributed by atoms with Crippen molar-refractivity contribution < 1.29 is 8.42 Å². The van der Waals surface area contributed by atoms with Crippen LogP contribution >= 0.6 is 11.3 Å². The Morgan fingerprint density at radius 3 is 2.81 bits per heavy atom. The highest BCUT2D eigenvalue weighted by atomic mass is 32.2. The topological polar surface area (TPSA) is 87.9 Å². The third-order valence-electron chi connectivity index (χ3n) is 3.98. The van der Waals surface area contributed by atoms with Crippen molar-refractivity contribution in [3.63, 3.8) is 0 Å². The average Bonchev–Trinajstić information content (AvgIpc) is 3.17. The fourth-order valence-electron chi connectivity index (χ4n) is 2.77. The molecule has 2 heterocycles. The number of aryl methyl sites for hydroxylation is 1. The fourth-order valence-corrected chi connectivity index (χ4v) is 4.45. The quantitative estimate of drug-likeness (QED) is 0.486. The summed E-state index contributed by atoms with van der Waals surface area (Å²) in [6.45, 7) is 5.59. The number of hydrogen-bond acceptors (Lipinski definition) is 5. The molecule has 3 rings (SSSR count). The molecule has 144 valence electrons. The van der Waals surface area contributed by atoms with Gasteiger partial charge in [-0.05, 0) is 31.0 Å². The van der Waals surface area contributed by atoms with E-state index in [0.29, 0.717) is 23.9 Å². The van der Waals surface area contributed by atoms with Crippen LogP contribution in [0.15, 0.2) is 45.9 Å². The van der Waals surface area contributed by atoms with Crippen LogP contribution < -0.4 is 10.6 Å². The Hall–Kier alpha value is -2.39. The summed E-state index contributed by atoms with van der Waals surface area (Å²) in [5.41, 5.74) is 2.64. The molecule has 0 aliphatic rings. The molecule has 2 N–H and O–H groups in total. The van der Waals surface area contributed by atoms with E-state index in [9.17, 15) is 8.42 Å². The number of nitrogens with zero attached hydrogens (tertiary/aromatic N) is 3. The van der Waals surface area contributed by atoms with Crippen molar-refractivity contribution in [3.05, 3.63) is 52.8 Å². The van der Waals surface area contributed by atoms with Gasteiger partial charge in [0.2, 0.25) is 0 Å². The van der Waals surface area contributed by atoms with Crippen molar-refractivity contribution in [1.29, 1.82) is 0 Å². The van der Waals surface area contributed by atoms with E-state index < -0.39 is 9.84 Å². The van der Waals surface area contributed by atoms with E-state index in [1.165, 1.54) is 6.26 Å². The Bertz CT molecular complexity index is 1040. The number of hydrogen-bond donors (Lipinski definition) is 2. The van der Waals surface area contributed by atoms with Crippen molar-refractivity contribution in [2.75, 3.05) is 12.8 Å². The number of guanidine groups is 1. The molecule has 0 unspecified atom stereocenters. The van der Waals surface area contributed by atoms with Gasteiger partial charge in [0.15, 0.2) is 20.8 Å². The van der Waals surface area contributed by atoms with Gasteiger partial charge < -0.3 is 10.6 Å². The summed E-state index contributed by atoms with van der Waals surface area (Å²) in [6, 6.07) is 5.32. The monoisotopic (exact) mass is 405 g/mol. The lowest BCUT2D eigenvalue weighted by atomic mass is 10.1. The van der Waals surface area contributed by atoms with Gasteiger partial charge in [0, 0.05) is 30.6 Å². The second kappa shape index (κ2) is 8.10. The summed E-state index contributed by atoms with van der Waals surface area (Å²) in [5.74, 6) is 0.693. The van der Waals surface area contributed by atoms with Gasteiger partial charge in [0.25, 0.3) is 0 Å². The number of thiazole rings is 1. The summed E-state index contributed by atoms with van der Waals surface area (Å²) < 4.78 is 25.5. The predicted octanol–water partition coefficient (Wildman–Crippen LogP) is 2.36. The van der Waals surface area contributed by atoms with Crippen molar-refractivity contribution in [2.24, 2.45) is 4.99 Å². The van der Waals surface area contributed by atoms with Crippen molar-refractivity contribution >= 4 is 32.1 Å². The largest absolute Gasteiger partial charge is 0.357 e. The number of aromatic nitrogens is 2. The van der Waals surface area contributed by atoms with E-state index in [0.717, 1.165) is 28.3 Å². The molecule has 0 amide bonds. The lowest BCUT2D eigenvalue weighted by Gasteiger charge is -2.11. The minimum Gasteiger partial charge on any atom is -0.357 e. The van der Waals surface area contributed by atoms with Crippen LogP contribution in [0.3, 0.4) is 0 Å². The molecule has 0 bridgehead atoms. The first-order valence-corrected chi connectivity index (χ1v) is 11.4. The maximum Gasteiger partial charge on any atom is 0.193 e. The summed E-state index contributed by atoms with van der Waals surface area (Å²) in [6.07, 6.45) is 5.20. The Balaban J connectivity index is 1.68. The SMILES string of the molecule is CCNC(=NCc1ccc(S(C)(=O)=O)c(C)c1)NCc1cn2ccsc2n1. The predicted molar refractivity (Wildman–Crippen MR) is 109 cm³/mol. The molecule has 3 aromatic rings. The van der Waals surface area contributed by atoms with Gasteiger partial charge in [-0.25, -0.2) is 18.4 Å². The van der Waals surface area contributed by atoms with Crippen molar-refractivity contribution in [3.8, 4) is 0 Å². The van der Waals surface area contributed by atoms with Gasteiger partial charge in [-0.1, -0.05) is 12.1 Å². The Labute approximate surface area is 163 Å². The fraction of sp³-hybridized carbons (Fsp3) is 0.333. The van der Waals surface area contributed by atoms with E-state index in [2.05, 4.69) is 20.6 Å². The molecule has 0 saturated heterocycles. The Morgan fingerprint density at radius 1 is 1.33 bits per heavy atom. The number of rotatable bonds is 6. The van der Waals surface area contributed by atoms with E-state index in [1.807, 2.05) is 35.2 Å². The zero-order chi connectivity index (χ0) is 19.4. The molecule has 2 aromatic heterocycles. The van der Waals surface area contributed by atoms with Crippen LogP contribution in [-0.4, -0.2) is 36.6 Å². The zero-order valence-electron chi connectivity index (χ0n) is 15.6. The lowest BCUT2D eigenvalue weighted by molar-refractivity contribution is 0.601. The number of sulfone groups is 1. The average molecular weight is 406 g/mol. The molecule has 0 spiro atoms. The molecular weight excluding hydrogens is 382 g/mol. The highest BCUT2D eigenvalue weighted by molar-refractivity contribution is 7.90. The number of fused-ring (bicyclic) bond motifs is 1. The smallest absolute Gasteiger partial charge is 0.193 e. The molecule has 0 atom stereocenters. The summed E-state index contributed by atoms with van der Waals surface area (Å²) in [5, 5.41) is 8.49. The standard InChI is InChI=1S/C18H23N5O2S2/c1-4-19-17(21-11-15-12-23-7-8-26-18(23)22-15)20-10-14-5-6-16(13(2)9-14)27(3,24)25/h5-9,12H,4,10-11H2,1-3H3,(H2,19,20,21). The zero-order valence-corrected chi connectivity index (χ0v) is 17.2. The van der Waals surface area contributed by atoms with Crippen LogP contribution in [0.5, 0.6) is 0 Å². The number of aliphatic imine (C=N–C) groups is 1. The second-order valence-corrected chi connectivity index (χ2v) is 9.10. The summed E-state index contributed by atoms with van der Waals surface area (Å²) in [7, 11) is -3.20. The molecule has 0 radical (unpaired) electrons. The highest BCUT2D eigenvalue weighted by Gasteiger charge is 2.11. The number of imidazole rings is 1. The van der Waals surface area contributed by atoms with Gasteiger partial charge in [0.05, 0.1) is 23.7 Å². The number of benzene rings is 1. The summed E-state index contributed by atoms with van der Waals surface area (Å²) in [4.78, 5) is 10.5. The van der Waals surface area contributed by atoms with Gasteiger partial charge in [-0.2, -0.15) is 0 Å². The van der Waals surface area contributed by atoms with Gasteiger partial charge in [-0.15, -0.1) is 11.3 Å². The molecular formula is C18H23N5O2S2. The first-order valence-electron chi connectivity index (χ1n) is 8.59. The van der Waals surface area contributed by atoms with E-state index in [1.54, 1.807) is 30.4 Å². The molecule has 0 saturated carbocycles. The lowest BCUT2D eigenvalue weighted by Crippen LogP contribution is -2.36.